The van der Waals surface area contributed by atoms with Crippen LogP contribution in [0.4, 0.5) is 17.5 Å². The van der Waals surface area contributed by atoms with Gasteiger partial charge in [-0.2, -0.15) is 15.0 Å². The Balaban J connectivity index is 0.000000252. The van der Waals surface area contributed by atoms with Gasteiger partial charge in [-0.3, -0.25) is 47.5 Å². The van der Waals surface area contributed by atoms with E-state index in [0.717, 1.165) is 33.1 Å². The van der Waals surface area contributed by atoms with Crippen LogP contribution in [0.2, 0.25) is 0 Å². The molecule has 0 saturated heterocycles. The molecule has 8 rings (SSSR count). The molecule has 89 heavy (non-hydrogen) atoms. The van der Waals surface area contributed by atoms with Crippen LogP contribution in [0.1, 0.15) is 83.4 Å². The van der Waals surface area contributed by atoms with Crippen molar-refractivity contribution < 1.29 is 43.0 Å². The number of anilines is 3. The van der Waals surface area contributed by atoms with Gasteiger partial charge in [-0.15, -0.1) is 12.3 Å². The van der Waals surface area contributed by atoms with Gasteiger partial charge >= 0.3 is 40.7 Å². The lowest BCUT2D eigenvalue weighted by Crippen LogP contribution is -2.29. The fraction of sp³-hybridized carbons (Fsp3) is 0.246. The van der Waals surface area contributed by atoms with Gasteiger partial charge < -0.3 is 40.5 Å². The maximum atomic E-state index is 12.4. The standard InChI is InChI=1S/C19H20N4O4.C15H14IN3O4.C12H15N3O3.C11H8IN3O2.C4H6/c1-3-27-16(24)13-23-12-15(10-7-11-20-2)17(22-19(23)26)21-18(25)14-8-5-4-6-9-14;1-2-23-12(20)9-19-8-11(16)13(18-15(19)22)17-14(21)10-6-4-3-5-7-10;1-3-9-5-8-6-15(7-10(16)18-4-2)12(17)14-11(8)13-9;12-8-6-13-11(17)15-9(8)14-10(16)7-4-2-1-3-5-7;1-3-4-2/h4-6,8-9,12,20H,3,11,13H2,1-2H3,(H,21,22,25,26);3-8H,2,9H2,1H3,(H,17,18,21,22);5-6H,3-4,7H2,1-2H3,(H,13,14,17);1-6H,(H2,13,14,15,16,17);1H,4H2,2H3. The number of terminal acetylenes is 1. The third-order valence-corrected chi connectivity index (χ3v) is 12.6. The van der Waals surface area contributed by atoms with Crippen molar-refractivity contribution in [2.24, 2.45) is 0 Å². The minimum Gasteiger partial charge on any atom is -0.465 e. The van der Waals surface area contributed by atoms with Crippen LogP contribution in [0.25, 0.3) is 11.0 Å². The van der Waals surface area contributed by atoms with Crippen molar-refractivity contribution in [3.05, 3.63) is 199 Å². The fourth-order valence-electron chi connectivity index (χ4n) is 6.90. The summed E-state index contributed by atoms with van der Waals surface area (Å²) in [4.78, 5) is 138. The number of ether oxygens (including phenoxy) is 3. The van der Waals surface area contributed by atoms with E-state index in [1.54, 1.807) is 119 Å². The normalized spacial score (nSPS) is 9.92. The van der Waals surface area contributed by atoms with E-state index >= 15 is 0 Å². The highest BCUT2D eigenvalue weighted by atomic mass is 127. The highest BCUT2D eigenvalue weighted by Gasteiger charge is 2.17. The Bertz CT molecular complexity index is 4060. The smallest absolute Gasteiger partial charge is 0.350 e. The fourth-order valence-corrected chi connectivity index (χ4v) is 7.90. The third-order valence-electron chi connectivity index (χ3n) is 11.0. The number of H-pyrrole nitrogens is 2. The first-order valence-electron chi connectivity index (χ1n) is 27.1. The van der Waals surface area contributed by atoms with Gasteiger partial charge in [0.2, 0.25) is 0 Å². The van der Waals surface area contributed by atoms with Crippen LogP contribution in [0.15, 0.2) is 141 Å². The number of aryl methyl sites for hydroxylation is 1. The molecule has 0 aliphatic carbocycles. The summed E-state index contributed by atoms with van der Waals surface area (Å²) < 4.78 is 19.2. The van der Waals surface area contributed by atoms with Gasteiger partial charge in [-0.1, -0.05) is 80.3 Å². The predicted octanol–water partition coefficient (Wildman–Crippen LogP) is 5.80. The Hall–Kier alpha value is -9.92. The van der Waals surface area contributed by atoms with Crippen LogP contribution in [-0.4, -0.2) is 113 Å². The van der Waals surface area contributed by atoms with Crippen molar-refractivity contribution in [3.8, 4) is 24.2 Å². The number of esters is 3. The number of aromatic nitrogens is 9. The lowest BCUT2D eigenvalue weighted by atomic mass is 10.2. The van der Waals surface area contributed by atoms with Gasteiger partial charge in [-0.25, -0.2) is 24.2 Å². The molecule has 0 fully saturated rings. The molecule has 0 atom stereocenters. The maximum absolute atomic E-state index is 12.4. The number of halogens is 2. The third kappa shape index (κ3) is 24.4. The van der Waals surface area contributed by atoms with Crippen LogP contribution in [-0.2, 0) is 54.6 Å². The maximum Gasteiger partial charge on any atom is 0.350 e. The molecule has 0 radical (unpaired) electrons. The lowest BCUT2D eigenvalue weighted by molar-refractivity contribution is -0.144. The molecule has 5 aromatic heterocycles. The quantitative estimate of drug-likeness (QED) is 0.0271. The van der Waals surface area contributed by atoms with E-state index in [2.05, 4.69) is 68.9 Å². The van der Waals surface area contributed by atoms with Gasteiger partial charge in [0.1, 0.15) is 31.1 Å². The number of carbonyl (C=O) groups is 6. The van der Waals surface area contributed by atoms with Crippen molar-refractivity contribution in [2.75, 3.05) is 49.4 Å². The van der Waals surface area contributed by atoms with Crippen molar-refractivity contribution in [3.63, 3.8) is 0 Å². The number of amides is 3. The molecule has 0 bridgehead atoms. The van der Waals surface area contributed by atoms with Gasteiger partial charge in [0.15, 0.2) is 11.6 Å². The zero-order valence-corrected chi connectivity index (χ0v) is 53.5. The molecule has 0 saturated carbocycles. The molecule has 26 nitrogen and oxygen atoms in total. The number of benzene rings is 3. The van der Waals surface area contributed by atoms with Crippen molar-refractivity contribution in [2.45, 2.75) is 67.1 Å². The van der Waals surface area contributed by atoms with Gasteiger partial charge in [0.05, 0.1) is 39.1 Å². The number of rotatable bonds is 17. The second-order valence-corrected chi connectivity index (χ2v) is 19.9. The zero-order chi connectivity index (χ0) is 65.3. The van der Waals surface area contributed by atoms with E-state index in [1.165, 1.54) is 23.2 Å². The molecule has 5 heterocycles. The minimum absolute atomic E-state index is 0.0394. The molecule has 0 aliphatic heterocycles. The number of fused-ring (bicyclic) bond motifs is 1. The highest BCUT2D eigenvalue weighted by molar-refractivity contribution is 14.1. The first-order valence-corrected chi connectivity index (χ1v) is 29.3. The molecule has 28 heteroatoms. The van der Waals surface area contributed by atoms with Crippen molar-refractivity contribution in [1.29, 1.82) is 0 Å². The minimum atomic E-state index is -0.689. The van der Waals surface area contributed by atoms with E-state index in [4.69, 9.17) is 20.6 Å². The Morgan fingerprint density at radius 1 is 0.584 bits per heavy atom. The summed E-state index contributed by atoms with van der Waals surface area (Å²) in [5.41, 5.74) is 1.01. The van der Waals surface area contributed by atoms with E-state index in [9.17, 15) is 47.9 Å². The molecule has 0 spiro atoms. The summed E-state index contributed by atoms with van der Waals surface area (Å²) in [6.45, 7) is 9.58. The molecule has 8 aromatic rings. The number of hydrogen-bond acceptors (Lipinski definition) is 18. The molecule has 3 aromatic carbocycles. The first-order chi connectivity index (χ1) is 42.8. The van der Waals surface area contributed by atoms with Gasteiger partial charge in [0.25, 0.3) is 17.7 Å². The summed E-state index contributed by atoms with van der Waals surface area (Å²) in [7, 11) is 1.74. The first kappa shape index (κ1) is 71.6. The zero-order valence-electron chi connectivity index (χ0n) is 49.2. The summed E-state index contributed by atoms with van der Waals surface area (Å²) in [5.74, 6) is 6.11. The number of nitrogens with one attached hydrogen (secondary N) is 6. The van der Waals surface area contributed by atoms with Crippen LogP contribution in [0.3, 0.4) is 0 Å². The lowest BCUT2D eigenvalue weighted by Gasteiger charge is -2.10. The molecule has 0 aliphatic rings. The molecule has 3 amide bonds. The number of nitrogens with zero attached hydrogens (tertiary/aromatic N) is 7. The number of carbonyl (C=O) groups excluding carboxylic acids is 6. The second-order valence-electron chi connectivity index (χ2n) is 17.5. The summed E-state index contributed by atoms with van der Waals surface area (Å²) in [6.07, 6.45) is 12.3. The Kier molecular flexibility index (Phi) is 30.8. The topological polar surface area (TPSA) is 344 Å². The molecule has 6 N–H and O–H groups in total. The van der Waals surface area contributed by atoms with Gasteiger partial charge in [-0.05, 0) is 122 Å². The van der Waals surface area contributed by atoms with Crippen LogP contribution in [0, 0.1) is 31.3 Å². The number of hydrogen-bond donors (Lipinski definition) is 6. The largest absolute Gasteiger partial charge is 0.465 e. The summed E-state index contributed by atoms with van der Waals surface area (Å²) >= 11 is 3.92. The molecule has 0 unspecified atom stereocenters. The van der Waals surface area contributed by atoms with Crippen LogP contribution >= 0.6 is 45.2 Å². The monoisotopic (exact) mass is 1440 g/mol. The number of aromatic amines is 2. The second kappa shape index (κ2) is 38.3. The van der Waals surface area contributed by atoms with Gasteiger partial charge in [0, 0.05) is 59.0 Å². The molecule has 464 valence electrons. The van der Waals surface area contributed by atoms with Crippen LogP contribution in [0.5, 0.6) is 0 Å². The van der Waals surface area contributed by atoms with E-state index in [-0.39, 0.29) is 56.3 Å². The molecular weight excluding hydrogens is 1380 g/mol. The van der Waals surface area contributed by atoms with Crippen LogP contribution < -0.4 is 44.0 Å². The van der Waals surface area contributed by atoms with Crippen molar-refractivity contribution >= 4 is 109 Å². The highest BCUT2D eigenvalue weighted by Crippen LogP contribution is 2.16. The Labute approximate surface area is 537 Å². The van der Waals surface area contributed by atoms with E-state index < -0.39 is 46.6 Å². The average Bonchev–Trinajstić information content (AvgIpc) is 2.43. The Morgan fingerprint density at radius 3 is 1.48 bits per heavy atom. The average molecular weight is 1440 g/mol. The predicted molar refractivity (Wildman–Crippen MR) is 350 cm³/mol. The Morgan fingerprint density at radius 2 is 1.02 bits per heavy atom. The molecular formula is C61H63I2N13O13. The van der Waals surface area contributed by atoms with Crippen molar-refractivity contribution in [1.82, 2.24) is 48.9 Å². The van der Waals surface area contributed by atoms with E-state index in [0.29, 0.717) is 54.0 Å². The SMILES string of the molecule is C#CCC.CCOC(=O)Cn1cc(C#CCNC)c(NC(=O)c2ccccc2)nc1=O.CCOC(=O)Cn1cc(I)c(NC(=O)c2ccccc2)nc1=O.CCOC(=O)Cn1cc2cc(CC)[nH]c2nc1=O.O=C(Nc1[nH]c(=O)ncc1I)c1ccccc1. The van der Waals surface area contributed by atoms with E-state index in [1.807, 2.05) is 71.2 Å². The summed E-state index contributed by atoms with van der Waals surface area (Å²) in [5, 5.41) is 11.5. The summed E-state index contributed by atoms with van der Waals surface area (Å²) in [6, 6.07) is 27.8.